The fourth-order valence-electron chi connectivity index (χ4n) is 3.11. The van der Waals surface area contributed by atoms with Crippen LogP contribution in [0.15, 0.2) is 16.9 Å². The van der Waals surface area contributed by atoms with Crippen LogP contribution in [0, 0.1) is 5.92 Å². The SMILES string of the molecule is CC(C)Cc1cc(CNc2ncnc3sc4c(c23)CCNC4)no1. The van der Waals surface area contributed by atoms with E-state index in [1.54, 1.807) is 17.7 Å². The quantitative estimate of drug-likeness (QED) is 0.741. The summed E-state index contributed by atoms with van der Waals surface area (Å²) >= 11 is 1.76. The van der Waals surface area contributed by atoms with Gasteiger partial charge in [0.15, 0.2) is 0 Å². The van der Waals surface area contributed by atoms with Crippen molar-refractivity contribution in [1.29, 1.82) is 0 Å². The van der Waals surface area contributed by atoms with Gasteiger partial charge in [0.2, 0.25) is 0 Å². The number of hydrogen-bond acceptors (Lipinski definition) is 7. The molecular formula is C17H21N5OS. The lowest BCUT2D eigenvalue weighted by atomic mass is 10.1. The molecule has 0 saturated carbocycles. The van der Waals surface area contributed by atoms with E-state index in [1.165, 1.54) is 15.8 Å². The molecule has 0 spiro atoms. The normalized spacial score (nSPS) is 14.3. The molecule has 2 N–H and O–H groups in total. The van der Waals surface area contributed by atoms with E-state index >= 15 is 0 Å². The Bertz CT molecular complexity index is 854. The molecule has 0 saturated heterocycles. The van der Waals surface area contributed by atoms with E-state index in [4.69, 9.17) is 4.52 Å². The summed E-state index contributed by atoms with van der Waals surface area (Å²) in [6.07, 6.45) is 3.57. The molecule has 3 aromatic rings. The Kier molecular flexibility index (Phi) is 4.20. The lowest BCUT2D eigenvalue weighted by Crippen LogP contribution is -2.22. The first-order valence-electron chi connectivity index (χ1n) is 8.35. The van der Waals surface area contributed by atoms with Crippen molar-refractivity contribution < 1.29 is 4.52 Å². The summed E-state index contributed by atoms with van der Waals surface area (Å²) in [7, 11) is 0. The zero-order valence-corrected chi connectivity index (χ0v) is 14.7. The van der Waals surface area contributed by atoms with Gasteiger partial charge >= 0.3 is 0 Å². The van der Waals surface area contributed by atoms with Crippen LogP contribution in [0.4, 0.5) is 5.82 Å². The molecule has 7 heteroatoms. The summed E-state index contributed by atoms with van der Waals surface area (Å²) in [5, 5.41) is 12.2. The molecule has 6 nitrogen and oxygen atoms in total. The Balaban J connectivity index is 1.56. The monoisotopic (exact) mass is 343 g/mol. The third-order valence-electron chi connectivity index (χ3n) is 4.16. The minimum absolute atomic E-state index is 0.561. The topological polar surface area (TPSA) is 75.9 Å². The molecule has 126 valence electrons. The van der Waals surface area contributed by atoms with Crippen LogP contribution in [-0.4, -0.2) is 21.7 Å². The molecule has 4 rings (SSSR count). The van der Waals surface area contributed by atoms with Crippen molar-refractivity contribution in [2.24, 2.45) is 5.92 Å². The lowest BCUT2D eigenvalue weighted by Gasteiger charge is -2.13. The number of hydrogen-bond donors (Lipinski definition) is 2. The summed E-state index contributed by atoms with van der Waals surface area (Å²) in [5.41, 5.74) is 2.29. The molecule has 0 unspecified atom stereocenters. The number of nitrogens with one attached hydrogen (secondary N) is 2. The molecule has 0 bridgehead atoms. The fourth-order valence-corrected chi connectivity index (χ4v) is 4.26. The molecule has 1 aliphatic rings. The number of fused-ring (bicyclic) bond motifs is 3. The molecule has 4 heterocycles. The van der Waals surface area contributed by atoms with Gasteiger partial charge in [-0.15, -0.1) is 11.3 Å². The Labute approximate surface area is 144 Å². The highest BCUT2D eigenvalue weighted by Gasteiger charge is 2.19. The third-order valence-corrected chi connectivity index (χ3v) is 5.30. The second-order valence-electron chi connectivity index (χ2n) is 6.57. The van der Waals surface area contributed by atoms with Crippen LogP contribution in [0.1, 0.15) is 35.7 Å². The fraction of sp³-hybridized carbons (Fsp3) is 0.471. The zero-order chi connectivity index (χ0) is 16.5. The predicted octanol–water partition coefficient (Wildman–Crippen LogP) is 3.14. The van der Waals surface area contributed by atoms with Crippen molar-refractivity contribution in [2.75, 3.05) is 11.9 Å². The average molecular weight is 343 g/mol. The van der Waals surface area contributed by atoms with Crippen LogP contribution in [0.5, 0.6) is 0 Å². The van der Waals surface area contributed by atoms with Crippen LogP contribution in [0.25, 0.3) is 10.2 Å². The first-order valence-corrected chi connectivity index (χ1v) is 9.16. The van der Waals surface area contributed by atoms with Crippen LogP contribution >= 0.6 is 11.3 Å². The number of nitrogens with zero attached hydrogens (tertiary/aromatic N) is 3. The van der Waals surface area contributed by atoms with Gasteiger partial charge < -0.3 is 15.2 Å². The predicted molar refractivity (Wildman–Crippen MR) is 95.2 cm³/mol. The molecular weight excluding hydrogens is 322 g/mol. The van der Waals surface area contributed by atoms with Crippen molar-refractivity contribution in [2.45, 2.75) is 39.8 Å². The Morgan fingerprint density at radius 1 is 1.38 bits per heavy atom. The summed E-state index contributed by atoms with van der Waals surface area (Å²) in [6.45, 7) is 6.89. The molecule has 24 heavy (non-hydrogen) atoms. The second kappa shape index (κ2) is 6.49. The molecule has 0 atom stereocenters. The van der Waals surface area contributed by atoms with E-state index in [9.17, 15) is 0 Å². The van der Waals surface area contributed by atoms with Gasteiger partial charge in [-0.3, -0.25) is 0 Å². The van der Waals surface area contributed by atoms with E-state index in [0.29, 0.717) is 12.5 Å². The highest BCUT2D eigenvalue weighted by Crippen LogP contribution is 2.35. The Morgan fingerprint density at radius 3 is 3.17 bits per heavy atom. The Hall–Kier alpha value is -1.99. The van der Waals surface area contributed by atoms with Gasteiger partial charge in [-0.1, -0.05) is 19.0 Å². The van der Waals surface area contributed by atoms with Crippen molar-refractivity contribution in [3.05, 3.63) is 34.3 Å². The number of thiophene rings is 1. The molecule has 0 aliphatic carbocycles. The van der Waals surface area contributed by atoms with Crippen molar-refractivity contribution >= 4 is 27.4 Å². The van der Waals surface area contributed by atoms with Crippen LogP contribution in [0.2, 0.25) is 0 Å². The third kappa shape index (κ3) is 3.01. The molecule has 0 aromatic carbocycles. The highest BCUT2D eigenvalue weighted by molar-refractivity contribution is 7.18. The second-order valence-corrected chi connectivity index (χ2v) is 7.65. The van der Waals surface area contributed by atoms with Crippen molar-refractivity contribution in [3.63, 3.8) is 0 Å². The van der Waals surface area contributed by atoms with Gasteiger partial charge in [-0.2, -0.15) is 0 Å². The van der Waals surface area contributed by atoms with Crippen molar-refractivity contribution in [1.82, 2.24) is 20.4 Å². The number of rotatable bonds is 5. The first kappa shape index (κ1) is 15.5. The average Bonchev–Trinajstić information content (AvgIpc) is 3.16. The van der Waals surface area contributed by atoms with Crippen LogP contribution in [0.3, 0.4) is 0 Å². The maximum absolute atomic E-state index is 5.40. The molecule has 0 amide bonds. The summed E-state index contributed by atoms with van der Waals surface area (Å²) in [5.74, 6) is 2.40. The largest absolute Gasteiger partial charge is 0.364 e. The van der Waals surface area contributed by atoms with Crippen molar-refractivity contribution in [3.8, 4) is 0 Å². The Morgan fingerprint density at radius 2 is 2.29 bits per heavy atom. The smallest absolute Gasteiger partial charge is 0.138 e. The van der Waals surface area contributed by atoms with E-state index in [-0.39, 0.29) is 0 Å². The minimum Gasteiger partial charge on any atom is -0.364 e. The van der Waals surface area contributed by atoms with Gasteiger partial charge in [0.1, 0.15) is 28.4 Å². The zero-order valence-electron chi connectivity index (χ0n) is 13.9. The summed E-state index contributed by atoms with van der Waals surface area (Å²) in [6, 6.07) is 2.03. The maximum Gasteiger partial charge on any atom is 0.138 e. The van der Waals surface area contributed by atoms with Crippen LogP contribution < -0.4 is 10.6 Å². The van der Waals surface area contributed by atoms with Gasteiger partial charge in [-0.25, -0.2) is 9.97 Å². The van der Waals surface area contributed by atoms with Gasteiger partial charge in [-0.05, 0) is 24.4 Å². The minimum atomic E-state index is 0.561. The van der Waals surface area contributed by atoms with Gasteiger partial charge in [0.05, 0.1) is 11.9 Å². The number of anilines is 1. The summed E-state index contributed by atoms with van der Waals surface area (Å²) in [4.78, 5) is 11.3. The maximum atomic E-state index is 5.40. The molecule has 0 radical (unpaired) electrons. The van der Waals surface area contributed by atoms with Crippen LogP contribution in [-0.2, 0) is 25.9 Å². The number of aromatic nitrogens is 3. The van der Waals surface area contributed by atoms with E-state index < -0.39 is 0 Å². The first-order chi connectivity index (χ1) is 11.7. The van der Waals surface area contributed by atoms with E-state index in [2.05, 4.69) is 39.6 Å². The molecule has 0 fully saturated rings. The summed E-state index contributed by atoms with van der Waals surface area (Å²) < 4.78 is 5.40. The van der Waals surface area contributed by atoms with E-state index in [0.717, 1.165) is 48.0 Å². The van der Waals surface area contributed by atoms with Gasteiger partial charge in [0, 0.05) is 23.9 Å². The molecule has 3 aromatic heterocycles. The van der Waals surface area contributed by atoms with Gasteiger partial charge in [0.25, 0.3) is 0 Å². The standard InChI is InChI=1S/C17H21N5OS/c1-10(2)5-12-6-11(22-23-12)7-19-16-15-13-3-4-18-8-14(13)24-17(15)21-9-20-16/h6,9-10,18H,3-5,7-8H2,1-2H3,(H,19,20,21). The van der Waals surface area contributed by atoms with E-state index in [1.807, 2.05) is 6.07 Å². The highest BCUT2D eigenvalue weighted by atomic mass is 32.1. The molecule has 1 aliphatic heterocycles. The lowest BCUT2D eigenvalue weighted by molar-refractivity contribution is 0.364.